The second kappa shape index (κ2) is 5.61. The van der Waals surface area contributed by atoms with Gasteiger partial charge in [0.2, 0.25) is 0 Å². The van der Waals surface area contributed by atoms with Crippen molar-refractivity contribution < 1.29 is 0 Å². The highest BCUT2D eigenvalue weighted by Crippen LogP contribution is 2.44. The molecule has 2 N–H and O–H groups in total. The van der Waals surface area contributed by atoms with Gasteiger partial charge in [0, 0.05) is 17.0 Å². The fourth-order valence-electron chi connectivity index (χ4n) is 3.21. The summed E-state index contributed by atoms with van der Waals surface area (Å²) in [4.78, 5) is 4.26. The molecule has 2 nitrogen and oxygen atoms in total. The Labute approximate surface area is 122 Å². The van der Waals surface area contributed by atoms with Gasteiger partial charge in [-0.05, 0) is 72.8 Å². The summed E-state index contributed by atoms with van der Waals surface area (Å²) >= 11 is 5.49. The summed E-state index contributed by atoms with van der Waals surface area (Å²) in [5.74, 6) is 0.638. The Morgan fingerprint density at radius 3 is 2.72 bits per heavy atom. The van der Waals surface area contributed by atoms with Crippen molar-refractivity contribution in [1.29, 1.82) is 0 Å². The van der Waals surface area contributed by atoms with Crippen molar-refractivity contribution in [3.8, 4) is 0 Å². The lowest BCUT2D eigenvalue weighted by Crippen LogP contribution is -2.36. The molecule has 0 spiro atoms. The van der Waals surface area contributed by atoms with Crippen LogP contribution in [0.1, 0.15) is 43.0 Å². The molecule has 1 aromatic heterocycles. The molecule has 2 heterocycles. The quantitative estimate of drug-likeness (QED) is 0.914. The predicted molar refractivity (Wildman–Crippen MR) is 80.9 cm³/mol. The summed E-state index contributed by atoms with van der Waals surface area (Å²) in [6.07, 6.45) is 6.75. The minimum absolute atomic E-state index is 0.571. The van der Waals surface area contributed by atoms with E-state index < -0.39 is 0 Å². The minimum Gasteiger partial charge on any atom is -0.330 e. The van der Waals surface area contributed by atoms with Gasteiger partial charge in [0.05, 0.1) is 3.79 Å². The highest BCUT2D eigenvalue weighted by Gasteiger charge is 2.39. The topological polar surface area (TPSA) is 29.3 Å². The van der Waals surface area contributed by atoms with Gasteiger partial charge in [-0.2, -0.15) is 0 Å². The van der Waals surface area contributed by atoms with E-state index in [4.69, 9.17) is 5.73 Å². The number of hydrogen-bond acceptors (Lipinski definition) is 3. The van der Waals surface area contributed by atoms with Crippen molar-refractivity contribution in [2.24, 2.45) is 11.7 Å². The standard InChI is InChI=1S/C14H21BrN2S/c15-13-7-6-12(18-13)14-10(9-16)3-1-2-8-17(14)11-4-5-11/h6-7,10-11,14H,1-5,8-9,16H2. The third-order valence-electron chi connectivity index (χ3n) is 4.25. The molecule has 4 heteroatoms. The van der Waals surface area contributed by atoms with E-state index in [0.29, 0.717) is 12.0 Å². The zero-order valence-corrected chi connectivity index (χ0v) is 13.0. The van der Waals surface area contributed by atoms with E-state index in [1.54, 1.807) is 0 Å². The molecule has 1 aromatic rings. The molecular weight excluding hydrogens is 308 g/mol. The summed E-state index contributed by atoms with van der Waals surface area (Å²) in [6.45, 7) is 2.09. The Kier molecular flexibility index (Phi) is 4.09. The summed E-state index contributed by atoms with van der Waals surface area (Å²) in [5.41, 5.74) is 6.06. The third kappa shape index (κ3) is 2.67. The van der Waals surface area contributed by atoms with Crippen LogP contribution in [0.2, 0.25) is 0 Å². The summed E-state index contributed by atoms with van der Waals surface area (Å²) < 4.78 is 1.24. The maximum Gasteiger partial charge on any atom is 0.0701 e. The van der Waals surface area contributed by atoms with Crippen LogP contribution in [0, 0.1) is 5.92 Å². The number of rotatable bonds is 3. The molecule has 0 aromatic carbocycles. The number of halogens is 1. The second-order valence-electron chi connectivity index (χ2n) is 5.55. The lowest BCUT2D eigenvalue weighted by molar-refractivity contribution is 0.152. The van der Waals surface area contributed by atoms with Crippen LogP contribution in [0.5, 0.6) is 0 Å². The van der Waals surface area contributed by atoms with E-state index in [9.17, 15) is 0 Å². The second-order valence-corrected chi connectivity index (χ2v) is 8.04. The van der Waals surface area contributed by atoms with Crippen molar-refractivity contribution in [2.45, 2.75) is 44.2 Å². The lowest BCUT2D eigenvalue weighted by atomic mass is 9.93. The molecule has 2 unspecified atom stereocenters. The van der Waals surface area contributed by atoms with Crippen LogP contribution in [-0.4, -0.2) is 24.0 Å². The molecule has 18 heavy (non-hydrogen) atoms. The van der Waals surface area contributed by atoms with E-state index in [-0.39, 0.29) is 0 Å². The lowest BCUT2D eigenvalue weighted by Gasteiger charge is -2.34. The first-order valence-electron chi connectivity index (χ1n) is 7.00. The molecular formula is C14H21BrN2S. The van der Waals surface area contributed by atoms with E-state index in [2.05, 4.69) is 33.0 Å². The largest absolute Gasteiger partial charge is 0.330 e. The first kappa shape index (κ1) is 13.1. The van der Waals surface area contributed by atoms with Crippen molar-refractivity contribution in [2.75, 3.05) is 13.1 Å². The Morgan fingerprint density at radius 1 is 1.28 bits per heavy atom. The maximum atomic E-state index is 6.06. The van der Waals surface area contributed by atoms with Crippen LogP contribution >= 0.6 is 27.3 Å². The average molecular weight is 329 g/mol. The van der Waals surface area contributed by atoms with E-state index >= 15 is 0 Å². The van der Waals surface area contributed by atoms with Gasteiger partial charge >= 0.3 is 0 Å². The van der Waals surface area contributed by atoms with Crippen LogP contribution < -0.4 is 5.73 Å². The van der Waals surface area contributed by atoms with Gasteiger partial charge in [-0.15, -0.1) is 11.3 Å². The Morgan fingerprint density at radius 2 is 2.11 bits per heavy atom. The van der Waals surface area contributed by atoms with Crippen LogP contribution in [0.25, 0.3) is 0 Å². The zero-order valence-electron chi connectivity index (χ0n) is 10.6. The van der Waals surface area contributed by atoms with Gasteiger partial charge in [0.25, 0.3) is 0 Å². The van der Waals surface area contributed by atoms with Crippen molar-refractivity contribution in [1.82, 2.24) is 4.90 Å². The Bertz CT molecular complexity index is 402. The molecule has 2 fully saturated rings. The summed E-state index contributed by atoms with van der Waals surface area (Å²) in [7, 11) is 0. The smallest absolute Gasteiger partial charge is 0.0701 e. The van der Waals surface area contributed by atoms with Gasteiger partial charge < -0.3 is 5.73 Å². The molecule has 0 bridgehead atoms. The van der Waals surface area contributed by atoms with E-state index in [0.717, 1.165) is 12.6 Å². The van der Waals surface area contributed by atoms with Gasteiger partial charge in [-0.3, -0.25) is 4.90 Å². The molecule has 0 amide bonds. The SMILES string of the molecule is NCC1CCCCN(C2CC2)C1c1ccc(Br)s1. The molecule has 1 saturated heterocycles. The van der Waals surface area contributed by atoms with Crippen molar-refractivity contribution in [3.05, 3.63) is 20.8 Å². The highest BCUT2D eigenvalue weighted by molar-refractivity contribution is 9.11. The molecule has 1 aliphatic heterocycles. The van der Waals surface area contributed by atoms with Crippen molar-refractivity contribution in [3.63, 3.8) is 0 Å². The molecule has 1 aliphatic carbocycles. The summed E-state index contributed by atoms with van der Waals surface area (Å²) in [5, 5.41) is 0. The van der Waals surface area contributed by atoms with Crippen LogP contribution in [-0.2, 0) is 0 Å². The van der Waals surface area contributed by atoms with Gasteiger partial charge in [0.15, 0.2) is 0 Å². The van der Waals surface area contributed by atoms with E-state index in [1.165, 1.54) is 47.3 Å². The number of likely N-dealkylation sites (tertiary alicyclic amines) is 1. The van der Waals surface area contributed by atoms with Crippen LogP contribution in [0.4, 0.5) is 0 Å². The first-order valence-corrected chi connectivity index (χ1v) is 8.61. The third-order valence-corrected chi connectivity index (χ3v) is 5.94. The monoisotopic (exact) mass is 328 g/mol. The predicted octanol–water partition coefficient (Wildman–Crippen LogP) is 3.77. The minimum atomic E-state index is 0.571. The highest BCUT2D eigenvalue weighted by atomic mass is 79.9. The fourth-order valence-corrected chi connectivity index (χ4v) is 4.85. The molecule has 0 radical (unpaired) electrons. The van der Waals surface area contributed by atoms with Crippen LogP contribution in [0.15, 0.2) is 15.9 Å². The number of nitrogens with two attached hydrogens (primary N) is 1. The molecule has 1 saturated carbocycles. The summed E-state index contributed by atoms with van der Waals surface area (Å²) in [6, 6.07) is 5.89. The van der Waals surface area contributed by atoms with Gasteiger partial charge in [-0.25, -0.2) is 0 Å². The van der Waals surface area contributed by atoms with E-state index in [1.807, 2.05) is 11.3 Å². The molecule has 2 aliphatic rings. The van der Waals surface area contributed by atoms with Crippen molar-refractivity contribution >= 4 is 27.3 Å². The number of nitrogens with zero attached hydrogens (tertiary/aromatic N) is 1. The normalized spacial score (nSPS) is 30.3. The average Bonchev–Trinajstić information content (AvgIpc) is 3.14. The zero-order chi connectivity index (χ0) is 12.5. The fraction of sp³-hybridized carbons (Fsp3) is 0.714. The maximum absolute atomic E-state index is 6.06. The Balaban J connectivity index is 1.90. The number of thiophene rings is 1. The first-order chi connectivity index (χ1) is 8.79. The molecule has 2 atom stereocenters. The van der Waals surface area contributed by atoms with Gasteiger partial charge in [0.1, 0.15) is 0 Å². The Hall–Kier alpha value is 0.1000. The molecule has 3 rings (SSSR count). The van der Waals surface area contributed by atoms with Crippen LogP contribution in [0.3, 0.4) is 0 Å². The molecule has 100 valence electrons. The van der Waals surface area contributed by atoms with Gasteiger partial charge in [-0.1, -0.05) is 6.42 Å². The number of hydrogen-bond donors (Lipinski definition) is 1.